The van der Waals surface area contributed by atoms with E-state index >= 15 is 0 Å². The number of ketones is 1. The number of ether oxygens (including phenoxy) is 1. The molecule has 0 aromatic carbocycles. The molecule has 11 nitrogen and oxygen atoms in total. The molecule has 1 radical (unpaired) electrons. The van der Waals surface area contributed by atoms with Crippen molar-refractivity contribution in [2.45, 2.75) is 62.1 Å². The van der Waals surface area contributed by atoms with E-state index in [1.807, 2.05) is 0 Å². The summed E-state index contributed by atoms with van der Waals surface area (Å²) in [7, 11) is 0. The van der Waals surface area contributed by atoms with Crippen LogP contribution in [0.25, 0.3) is 0 Å². The molecule has 8 N–H and O–H groups in total. The summed E-state index contributed by atoms with van der Waals surface area (Å²) in [6.07, 6.45) is -11.8. The summed E-state index contributed by atoms with van der Waals surface area (Å²) in [4.78, 5) is 23.6. The maximum absolute atomic E-state index is 12.5. The van der Waals surface area contributed by atoms with Gasteiger partial charge < -0.3 is 45.8 Å². The second-order valence-corrected chi connectivity index (χ2v) is 5.97. The standard InChI is InChI=1S/C14H24NO10/c1-5(17)9(19)10(20)11(21)13(23)14(24)8(3-16)25-4-7(12(14)22)15-6(2)18/h4-5,7-12,16-17,19-22,24H,3H2,1-2H3,(H,15,18)/t5-,7+,8-,9-,10+,11-,12-,14+/m1/s1. The Balaban J connectivity index is 3.12. The van der Waals surface area contributed by atoms with Crippen molar-refractivity contribution in [2.24, 2.45) is 0 Å². The first kappa shape index (κ1) is 21.9. The Kier molecular flexibility index (Phi) is 7.40. The van der Waals surface area contributed by atoms with Crippen molar-refractivity contribution in [3.05, 3.63) is 6.61 Å². The third kappa shape index (κ3) is 4.33. The summed E-state index contributed by atoms with van der Waals surface area (Å²) in [5, 5.41) is 70.9. The highest BCUT2D eigenvalue weighted by atomic mass is 16.5. The first-order valence-corrected chi connectivity index (χ1v) is 7.52. The molecule has 25 heavy (non-hydrogen) atoms. The molecule has 1 amide bonds. The molecule has 8 atom stereocenters. The van der Waals surface area contributed by atoms with Crippen molar-refractivity contribution in [1.82, 2.24) is 5.32 Å². The van der Waals surface area contributed by atoms with Crippen LogP contribution in [0.2, 0.25) is 0 Å². The number of hydrogen-bond acceptors (Lipinski definition) is 10. The van der Waals surface area contributed by atoms with E-state index in [9.17, 15) is 45.3 Å². The van der Waals surface area contributed by atoms with Crippen LogP contribution >= 0.6 is 0 Å². The van der Waals surface area contributed by atoms with Crippen LogP contribution in [0.3, 0.4) is 0 Å². The van der Waals surface area contributed by atoms with Crippen LogP contribution in [0, 0.1) is 6.61 Å². The summed E-state index contributed by atoms with van der Waals surface area (Å²) < 4.78 is 4.96. The Morgan fingerprint density at radius 3 is 2.24 bits per heavy atom. The fraction of sp³-hybridized carbons (Fsp3) is 0.786. The number of nitrogens with one attached hydrogen (secondary N) is 1. The van der Waals surface area contributed by atoms with E-state index in [1.165, 1.54) is 0 Å². The van der Waals surface area contributed by atoms with Gasteiger partial charge >= 0.3 is 0 Å². The molecule has 1 heterocycles. The third-order valence-electron chi connectivity index (χ3n) is 4.04. The number of hydrogen-bond donors (Lipinski definition) is 8. The van der Waals surface area contributed by atoms with Crippen molar-refractivity contribution in [3.8, 4) is 0 Å². The minimum atomic E-state index is -2.91. The lowest BCUT2D eigenvalue weighted by molar-refractivity contribution is -0.216. The second-order valence-electron chi connectivity index (χ2n) is 5.97. The Hall–Kier alpha value is -1.18. The molecule has 0 bridgehead atoms. The Bertz CT molecular complexity index is 486. The number of Topliss-reactive ketones (excluding diaryl/α,β-unsaturated/α-hetero) is 1. The van der Waals surface area contributed by atoms with Gasteiger partial charge in [-0.2, -0.15) is 0 Å². The van der Waals surface area contributed by atoms with Gasteiger partial charge in [0.25, 0.3) is 0 Å². The van der Waals surface area contributed by atoms with Gasteiger partial charge in [0.15, 0.2) is 5.60 Å². The quantitative estimate of drug-likeness (QED) is 0.216. The van der Waals surface area contributed by atoms with Crippen molar-refractivity contribution >= 4 is 11.7 Å². The van der Waals surface area contributed by atoms with Crippen molar-refractivity contribution in [3.63, 3.8) is 0 Å². The average molecular weight is 366 g/mol. The average Bonchev–Trinajstić information content (AvgIpc) is 2.55. The van der Waals surface area contributed by atoms with Crippen LogP contribution in [0.5, 0.6) is 0 Å². The van der Waals surface area contributed by atoms with Crippen LogP contribution in [0.1, 0.15) is 13.8 Å². The van der Waals surface area contributed by atoms with Crippen LogP contribution in [0.4, 0.5) is 0 Å². The number of carbonyl (C=O) groups is 2. The van der Waals surface area contributed by atoms with E-state index in [4.69, 9.17) is 4.74 Å². The fourth-order valence-corrected chi connectivity index (χ4v) is 2.52. The topological polar surface area (TPSA) is 197 Å². The zero-order valence-electron chi connectivity index (χ0n) is 13.7. The number of rotatable bonds is 7. The molecule has 0 saturated carbocycles. The Morgan fingerprint density at radius 2 is 1.80 bits per heavy atom. The zero-order chi connectivity index (χ0) is 19.5. The van der Waals surface area contributed by atoms with Crippen molar-refractivity contribution in [1.29, 1.82) is 0 Å². The summed E-state index contributed by atoms with van der Waals surface area (Å²) in [5.74, 6) is -2.18. The summed E-state index contributed by atoms with van der Waals surface area (Å²) >= 11 is 0. The van der Waals surface area contributed by atoms with E-state index < -0.39 is 66.6 Å². The summed E-state index contributed by atoms with van der Waals surface area (Å²) in [6.45, 7) is 2.17. The molecular formula is C14H24NO10. The van der Waals surface area contributed by atoms with Gasteiger partial charge in [-0.1, -0.05) is 0 Å². The molecule has 1 saturated heterocycles. The number of carbonyl (C=O) groups excluding carboxylic acids is 2. The molecule has 0 aromatic rings. The van der Waals surface area contributed by atoms with Gasteiger partial charge in [0.1, 0.15) is 37.1 Å². The highest BCUT2D eigenvalue weighted by Crippen LogP contribution is 2.31. The number of aliphatic hydroxyl groups excluding tert-OH is 6. The summed E-state index contributed by atoms with van der Waals surface area (Å²) in [6, 6.07) is -1.35. The van der Waals surface area contributed by atoms with Gasteiger partial charge in [-0.25, -0.2) is 0 Å². The van der Waals surface area contributed by atoms with Gasteiger partial charge in [0.05, 0.1) is 18.8 Å². The number of amides is 1. The lowest BCUT2D eigenvalue weighted by Gasteiger charge is -2.45. The Labute approximate surface area is 143 Å². The lowest BCUT2D eigenvalue weighted by atomic mass is 9.77. The molecule has 0 aromatic heterocycles. The zero-order valence-corrected chi connectivity index (χ0v) is 13.7. The van der Waals surface area contributed by atoms with E-state index in [0.717, 1.165) is 20.5 Å². The van der Waals surface area contributed by atoms with Gasteiger partial charge in [-0.3, -0.25) is 9.59 Å². The fourth-order valence-electron chi connectivity index (χ4n) is 2.52. The van der Waals surface area contributed by atoms with Crippen LogP contribution < -0.4 is 5.32 Å². The monoisotopic (exact) mass is 366 g/mol. The molecule has 0 unspecified atom stereocenters. The largest absolute Gasteiger partial charge is 0.394 e. The van der Waals surface area contributed by atoms with Gasteiger partial charge in [-0.05, 0) is 6.92 Å². The van der Waals surface area contributed by atoms with Crippen LogP contribution in [-0.4, -0.2) is 102 Å². The highest BCUT2D eigenvalue weighted by Gasteiger charge is 2.59. The first-order chi connectivity index (χ1) is 11.5. The lowest BCUT2D eigenvalue weighted by Crippen LogP contribution is -2.72. The third-order valence-corrected chi connectivity index (χ3v) is 4.04. The number of aliphatic hydroxyl groups is 7. The minimum Gasteiger partial charge on any atom is -0.394 e. The molecule has 1 aliphatic heterocycles. The van der Waals surface area contributed by atoms with Gasteiger partial charge in [0.2, 0.25) is 11.7 Å². The molecule has 1 fully saturated rings. The second kappa shape index (κ2) is 8.47. The van der Waals surface area contributed by atoms with Crippen molar-refractivity contribution < 1.29 is 50.1 Å². The predicted molar refractivity (Wildman–Crippen MR) is 79.5 cm³/mol. The van der Waals surface area contributed by atoms with E-state index in [0.29, 0.717) is 0 Å². The van der Waals surface area contributed by atoms with Crippen LogP contribution in [0.15, 0.2) is 0 Å². The smallest absolute Gasteiger partial charge is 0.217 e. The summed E-state index contributed by atoms with van der Waals surface area (Å²) in [5.41, 5.74) is -2.91. The minimum absolute atomic E-state index is 0.619. The SMILES string of the molecule is CC(=O)N[C@H]1[CH]O[C@H](CO)[C@@](O)(C(=O)[C@H](O)[C@@H](O)[C@H](O)[C@@H](C)O)[C@@H]1O. The van der Waals surface area contributed by atoms with E-state index in [-0.39, 0.29) is 0 Å². The molecule has 0 spiro atoms. The van der Waals surface area contributed by atoms with Gasteiger partial charge in [0, 0.05) is 6.92 Å². The van der Waals surface area contributed by atoms with E-state index in [2.05, 4.69) is 5.32 Å². The first-order valence-electron chi connectivity index (χ1n) is 7.52. The highest BCUT2D eigenvalue weighted by molar-refractivity contribution is 5.93. The molecule has 0 aliphatic carbocycles. The van der Waals surface area contributed by atoms with E-state index in [1.54, 1.807) is 0 Å². The predicted octanol–water partition coefficient (Wildman–Crippen LogP) is -4.83. The Morgan fingerprint density at radius 1 is 1.24 bits per heavy atom. The van der Waals surface area contributed by atoms with Gasteiger partial charge in [-0.15, -0.1) is 0 Å². The molecule has 1 rings (SSSR count). The molecule has 145 valence electrons. The van der Waals surface area contributed by atoms with Crippen LogP contribution in [-0.2, 0) is 14.3 Å². The maximum Gasteiger partial charge on any atom is 0.217 e. The maximum atomic E-state index is 12.5. The van der Waals surface area contributed by atoms with Crippen molar-refractivity contribution in [2.75, 3.05) is 6.61 Å². The molecule has 11 heteroatoms. The molecular weight excluding hydrogens is 342 g/mol. The normalized spacial score (nSPS) is 34.7. The molecule has 1 aliphatic rings.